The van der Waals surface area contributed by atoms with E-state index in [2.05, 4.69) is 73.5 Å². The molecule has 7 rings (SSSR count). The second-order valence-corrected chi connectivity index (χ2v) is 13.0. The minimum absolute atomic E-state index is 0.0503. The summed E-state index contributed by atoms with van der Waals surface area (Å²) in [5.41, 5.74) is 4.37. The number of rotatable bonds is 6. The van der Waals surface area contributed by atoms with Crippen LogP contribution in [-0.2, 0) is 5.41 Å². The molecule has 2 N–H and O–H groups in total. The molecule has 1 spiro atoms. The van der Waals surface area contributed by atoms with Crippen molar-refractivity contribution in [1.82, 2.24) is 24.9 Å². The predicted molar refractivity (Wildman–Crippen MR) is 164 cm³/mol. The molecule has 1 unspecified atom stereocenters. The highest BCUT2D eigenvalue weighted by Crippen LogP contribution is 2.46. The van der Waals surface area contributed by atoms with E-state index in [0.717, 1.165) is 69.5 Å². The molecule has 3 aromatic heterocycles. The molecular weight excluding hydrogens is 542 g/mol. The van der Waals surface area contributed by atoms with Crippen molar-refractivity contribution in [2.45, 2.75) is 57.4 Å². The molecule has 2 aliphatic heterocycles. The lowest BCUT2D eigenvalue weighted by atomic mass is 9.82. The van der Waals surface area contributed by atoms with Crippen LogP contribution in [0.4, 0.5) is 11.5 Å². The Balaban J connectivity index is 1.01. The van der Waals surface area contributed by atoms with Gasteiger partial charge in [-0.25, -0.2) is 19.3 Å². The van der Waals surface area contributed by atoms with Crippen LogP contribution in [0.2, 0.25) is 0 Å². The molecule has 1 aromatic carbocycles. The first-order valence-corrected chi connectivity index (χ1v) is 15.1. The number of carboxylic acids is 1. The second kappa shape index (κ2) is 10.4. The summed E-state index contributed by atoms with van der Waals surface area (Å²) >= 11 is 0. The Morgan fingerprint density at radius 3 is 2.60 bits per heavy atom. The van der Waals surface area contributed by atoms with Gasteiger partial charge in [0.15, 0.2) is 11.3 Å². The third-order valence-corrected chi connectivity index (χ3v) is 9.87. The number of benzene rings is 1. The molecule has 1 saturated carbocycles. The number of carbonyl (C=O) groups is 2. The van der Waals surface area contributed by atoms with E-state index in [4.69, 9.17) is 0 Å². The van der Waals surface area contributed by atoms with Gasteiger partial charge in [-0.2, -0.15) is 0 Å². The van der Waals surface area contributed by atoms with Gasteiger partial charge in [-0.3, -0.25) is 4.79 Å². The molecule has 222 valence electrons. The monoisotopic (exact) mass is 579 g/mol. The van der Waals surface area contributed by atoms with Crippen molar-refractivity contribution in [3.63, 3.8) is 0 Å². The number of amides is 1. The lowest BCUT2D eigenvalue weighted by molar-refractivity contribution is 0.0690. The van der Waals surface area contributed by atoms with Crippen molar-refractivity contribution in [3.05, 3.63) is 83.4 Å². The van der Waals surface area contributed by atoms with E-state index >= 15 is 0 Å². The van der Waals surface area contributed by atoms with Gasteiger partial charge in [-0.1, -0.05) is 43.3 Å². The maximum Gasteiger partial charge on any atom is 0.354 e. The van der Waals surface area contributed by atoms with E-state index in [1.165, 1.54) is 11.6 Å². The number of hydrogen-bond donors (Lipinski definition) is 2. The van der Waals surface area contributed by atoms with Crippen molar-refractivity contribution in [2.75, 3.05) is 36.0 Å². The summed E-state index contributed by atoms with van der Waals surface area (Å²) in [5.74, 6) is -0.366. The van der Waals surface area contributed by atoms with Crippen LogP contribution in [0, 0.1) is 12.3 Å². The van der Waals surface area contributed by atoms with E-state index in [-0.39, 0.29) is 34.3 Å². The van der Waals surface area contributed by atoms with Crippen molar-refractivity contribution < 1.29 is 14.7 Å². The zero-order chi connectivity index (χ0) is 29.8. The molecule has 3 fully saturated rings. The van der Waals surface area contributed by atoms with Crippen molar-refractivity contribution in [1.29, 1.82) is 0 Å². The van der Waals surface area contributed by atoms with E-state index in [0.29, 0.717) is 11.5 Å². The van der Waals surface area contributed by atoms with Crippen LogP contribution < -0.4 is 15.1 Å². The Hall–Kier alpha value is -4.47. The lowest BCUT2D eigenvalue weighted by Crippen LogP contribution is -2.35. The van der Waals surface area contributed by atoms with Gasteiger partial charge < -0.3 is 20.2 Å². The standard InChI is InChI=1S/C33H37N7O3/c1-22-17-25(38-15-13-32(2,20-38)23-7-4-3-5-8-23)19-40-29(22)36-28(37-40)30(41)34-24-11-12-33(18-24)14-16-39(21-33)27-10-6-9-26(35-27)31(42)43/h3-10,17,19,24H,11-16,18,20-21H2,1-2H3,(H,34,41)(H,42,43)/t24?,32-,33-/m0/s1. The largest absolute Gasteiger partial charge is 0.477 e. The quantitative estimate of drug-likeness (QED) is 0.344. The van der Waals surface area contributed by atoms with Crippen LogP contribution in [0.5, 0.6) is 0 Å². The average molecular weight is 580 g/mol. The highest BCUT2D eigenvalue weighted by atomic mass is 16.4. The van der Waals surface area contributed by atoms with Crippen molar-refractivity contribution in [2.24, 2.45) is 5.41 Å². The second-order valence-electron chi connectivity index (χ2n) is 13.0. The topological polar surface area (TPSA) is 116 Å². The summed E-state index contributed by atoms with van der Waals surface area (Å²) in [4.78, 5) is 38.2. The van der Waals surface area contributed by atoms with Gasteiger partial charge in [0.25, 0.3) is 5.91 Å². The molecule has 5 heterocycles. The average Bonchev–Trinajstić information content (AvgIpc) is 3.81. The van der Waals surface area contributed by atoms with Gasteiger partial charge in [-0.15, -0.1) is 5.10 Å². The number of nitrogens with zero attached hydrogens (tertiary/aromatic N) is 6. The number of pyridine rings is 2. The maximum atomic E-state index is 13.3. The normalized spacial score (nSPS) is 25.2. The number of nitrogens with one attached hydrogen (secondary N) is 1. The lowest BCUT2D eigenvalue weighted by Gasteiger charge is -2.26. The summed E-state index contributed by atoms with van der Waals surface area (Å²) in [5, 5.41) is 17.1. The van der Waals surface area contributed by atoms with Crippen LogP contribution in [0.1, 0.15) is 71.3 Å². The van der Waals surface area contributed by atoms with Gasteiger partial charge >= 0.3 is 5.97 Å². The molecule has 1 amide bonds. The summed E-state index contributed by atoms with van der Waals surface area (Å²) in [6, 6.07) is 18.0. The highest BCUT2D eigenvalue weighted by molar-refractivity contribution is 5.91. The minimum atomic E-state index is -1.02. The van der Waals surface area contributed by atoms with E-state index < -0.39 is 5.97 Å². The third kappa shape index (κ3) is 5.08. The Morgan fingerprint density at radius 2 is 1.79 bits per heavy atom. The van der Waals surface area contributed by atoms with E-state index in [1.807, 2.05) is 19.2 Å². The van der Waals surface area contributed by atoms with E-state index in [9.17, 15) is 14.7 Å². The van der Waals surface area contributed by atoms with Crippen LogP contribution >= 0.6 is 0 Å². The van der Waals surface area contributed by atoms with Gasteiger partial charge in [0.2, 0.25) is 5.82 Å². The third-order valence-electron chi connectivity index (χ3n) is 9.87. The molecule has 10 heteroatoms. The fraction of sp³-hybridized carbons (Fsp3) is 0.424. The smallest absolute Gasteiger partial charge is 0.354 e. The minimum Gasteiger partial charge on any atom is -0.477 e. The molecular formula is C33H37N7O3. The number of aromatic nitrogens is 4. The molecule has 0 bridgehead atoms. The molecule has 3 aliphatic rings. The summed E-state index contributed by atoms with van der Waals surface area (Å²) in [7, 11) is 0. The van der Waals surface area contributed by atoms with Gasteiger partial charge in [0, 0.05) is 37.6 Å². The SMILES string of the molecule is Cc1cc(N2CC[C@](C)(c3ccccc3)C2)cn2nc(C(=O)NC3CC[C@]4(CCN(c5cccc(C(=O)O)n5)C4)C3)nc12. The molecule has 4 aromatic rings. The molecule has 2 saturated heterocycles. The summed E-state index contributed by atoms with van der Waals surface area (Å²) in [6.45, 7) is 7.87. The molecule has 0 radical (unpaired) electrons. The first-order chi connectivity index (χ1) is 20.7. The number of hydrogen-bond acceptors (Lipinski definition) is 7. The van der Waals surface area contributed by atoms with Gasteiger partial charge in [0.05, 0.1) is 11.9 Å². The first kappa shape index (κ1) is 27.4. The van der Waals surface area contributed by atoms with Crippen LogP contribution in [0.25, 0.3) is 5.65 Å². The first-order valence-electron chi connectivity index (χ1n) is 15.1. The van der Waals surface area contributed by atoms with Gasteiger partial charge in [0.1, 0.15) is 5.82 Å². The highest BCUT2D eigenvalue weighted by Gasteiger charge is 2.45. The Kier molecular flexibility index (Phi) is 6.59. The van der Waals surface area contributed by atoms with Crippen LogP contribution in [-0.4, -0.2) is 68.8 Å². The Labute approximate surface area is 250 Å². The van der Waals surface area contributed by atoms with Gasteiger partial charge in [-0.05, 0) is 73.8 Å². The number of carboxylic acid groups (broad SMARTS) is 1. The van der Waals surface area contributed by atoms with E-state index in [1.54, 1.807) is 10.6 Å². The fourth-order valence-corrected chi connectivity index (χ4v) is 7.46. The van der Waals surface area contributed by atoms with Crippen molar-refractivity contribution >= 4 is 29.0 Å². The molecule has 10 nitrogen and oxygen atoms in total. The summed E-state index contributed by atoms with van der Waals surface area (Å²) in [6.07, 6.45) is 6.84. The van der Waals surface area contributed by atoms with Crippen LogP contribution in [0.15, 0.2) is 60.8 Å². The number of anilines is 2. The molecule has 43 heavy (non-hydrogen) atoms. The fourth-order valence-electron chi connectivity index (χ4n) is 7.46. The predicted octanol–water partition coefficient (Wildman–Crippen LogP) is 4.48. The molecule has 1 aliphatic carbocycles. The number of carbonyl (C=O) groups excluding carboxylic acids is 1. The van der Waals surface area contributed by atoms with Crippen molar-refractivity contribution in [3.8, 4) is 0 Å². The van der Waals surface area contributed by atoms with Crippen LogP contribution in [0.3, 0.4) is 0 Å². The zero-order valence-corrected chi connectivity index (χ0v) is 24.7. The maximum absolute atomic E-state index is 13.3. The zero-order valence-electron chi connectivity index (χ0n) is 24.7. The molecule has 3 atom stereocenters. The Morgan fingerprint density at radius 1 is 0.977 bits per heavy atom. The Bertz CT molecular complexity index is 1710. The number of aromatic carboxylic acids is 1. The summed E-state index contributed by atoms with van der Waals surface area (Å²) < 4.78 is 1.75. The number of fused-ring (bicyclic) bond motifs is 1. The number of aryl methyl sites for hydroxylation is 1.